The van der Waals surface area contributed by atoms with Crippen molar-refractivity contribution in [3.8, 4) is 11.1 Å². The number of nitrogens with zero attached hydrogens (tertiary/aromatic N) is 2. The highest BCUT2D eigenvalue weighted by Crippen LogP contribution is 2.42. The van der Waals surface area contributed by atoms with E-state index in [9.17, 15) is 18.0 Å². The molecule has 1 aromatic heterocycles. The molecule has 0 spiro atoms. The third kappa shape index (κ3) is 3.28. The number of nitrogens with two attached hydrogens (primary N) is 1. The molecule has 1 aliphatic heterocycles. The molecular weight excluding hydrogens is 403 g/mol. The van der Waals surface area contributed by atoms with Crippen molar-refractivity contribution in [3.63, 3.8) is 0 Å². The van der Waals surface area contributed by atoms with E-state index in [2.05, 4.69) is 4.98 Å². The Morgan fingerprint density at radius 2 is 1.71 bits per heavy atom. The van der Waals surface area contributed by atoms with Gasteiger partial charge in [0.2, 0.25) is 5.91 Å². The van der Waals surface area contributed by atoms with Gasteiger partial charge in [-0.2, -0.15) is 13.2 Å². The maximum Gasteiger partial charge on any atom is 0.416 e. The monoisotopic (exact) mass is 419 g/mol. The van der Waals surface area contributed by atoms with Gasteiger partial charge in [0.05, 0.1) is 23.2 Å². The molecule has 0 radical (unpaired) electrons. The summed E-state index contributed by atoms with van der Waals surface area (Å²) < 4.78 is 39.8. The van der Waals surface area contributed by atoms with Crippen LogP contribution in [0, 0.1) is 0 Å². The van der Waals surface area contributed by atoms with Crippen molar-refractivity contribution in [2.75, 3.05) is 10.6 Å². The molecule has 1 amide bonds. The highest BCUT2D eigenvalue weighted by atomic mass is 19.4. The smallest absolute Gasteiger partial charge is 0.399 e. The first-order chi connectivity index (χ1) is 14.8. The van der Waals surface area contributed by atoms with Crippen molar-refractivity contribution in [1.29, 1.82) is 0 Å². The van der Waals surface area contributed by atoms with Crippen molar-refractivity contribution in [1.82, 2.24) is 4.98 Å². The highest BCUT2D eigenvalue weighted by molar-refractivity contribution is 6.14. The number of alkyl halides is 3. The fourth-order valence-electron chi connectivity index (χ4n) is 3.97. The van der Waals surface area contributed by atoms with Gasteiger partial charge in [0.1, 0.15) is 0 Å². The molecule has 154 valence electrons. The summed E-state index contributed by atoms with van der Waals surface area (Å²) >= 11 is 0. The Balaban J connectivity index is 1.71. The highest BCUT2D eigenvalue weighted by Gasteiger charge is 2.34. The van der Waals surface area contributed by atoms with Gasteiger partial charge in [0.15, 0.2) is 0 Å². The molecule has 0 saturated carbocycles. The number of fused-ring (bicyclic) bond motifs is 3. The van der Waals surface area contributed by atoms with E-state index in [1.807, 2.05) is 36.4 Å². The average molecular weight is 419 g/mol. The zero-order chi connectivity index (χ0) is 21.8. The number of carbonyl (C=O) groups excluding carboxylic acids is 1. The van der Waals surface area contributed by atoms with Crippen molar-refractivity contribution in [2.45, 2.75) is 12.6 Å². The topological polar surface area (TPSA) is 59.2 Å². The van der Waals surface area contributed by atoms with Crippen LogP contribution >= 0.6 is 0 Å². The second kappa shape index (κ2) is 6.84. The Morgan fingerprint density at radius 3 is 2.48 bits per heavy atom. The van der Waals surface area contributed by atoms with E-state index in [4.69, 9.17) is 5.73 Å². The van der Waals surface area contributed by atoms with Crippen LogP contribution in [0.15, 0.2) is 72.9 Å². The molecule has 0 aliphatic carbocycles. The molecule has 2 N–H and O–H groups in total. The second-order valence-corrected chi connectivity index (χ2v) is 7.44. The SMILES string of the molecule is Nc1cccc(-c2ccc3ncc4c(c3c2)N(c2cccc(C(F)(F)F)c2)C(=O)C4)c1. The van der Waals surface area contributed by atoms with Crippen LogP contribution in [-0.4, -0.2) is 10.9 Å². The largest absolute Gasteiger partial charge is 0.416 e. The normalized spacial score (nSPS) is 13.6. The average Bonchev–Trinajstić information content (AvgIpc) is 3.09. The third-order valence-electron chi connectivity index (χ3n) is 5.38. The molecule has 4 nitrogen and oxygen atoms in total. The predicted molar refractivity (Wildman–Crippen MR) is 114 cm³/mol. The van der Waals surface area contributed by atoms with E-state index in [1.165, 1.54) is 17.0 Å². The van der Waals surface area contributed by atoms with Crippen LogP contribution in [0.25, 0.3) is 22.0 Å². The summed E-state index contributed by atoms with van der Waals surface area (Å²) in [5.74, 6) is -0.294. The standard InChI is InChI=1S/C24H16F3N3O/c25-24(26,27)17-4-2-6-19(12-17)30-22(31)11-16-13-29-21-8-7-15(10-20(21)23(16)30)14-3-1-5-18(28)9-14/h1-10,12-13H,11,28H2. The van der Waals surface area contributed by atoms with E-state index in [1.54, 1.807) is 12.3 Å². The fourth-order valence-corrected chi connectivity index (χ4v) is 3.97. The fraction of sp³-hybridized carbons (Fsp3) is 0.0833. The van der Waals surface area contributed by atoms with Crippen LogP contribution in [0.3, 0.4) is 0 Å². The first-order valence-corrected chi connectivity index (χ1v) is 9.59. The predicted octanol–water partition coefficient (Wildman–Crippen LogP) is 5.72. The first-order valence-electron chi connectivity index (χ1n) is 9.59. The number of anilines is 3. The molecule has 0 atom stereocenters. The Kier molecular flexibility index (Phi) is 4.22. The molecule has 3 aromatic carbocycles. The van der Waals surface area contributed by atoms with Crippen molar-refractivity contribution in [2.24, 2.45) is 0 Å². The lowest BCUT2D eigenvalue weighted by molar-refractivity contribution is -0.137. The van der Waals surface area contributed by atoms with Crippen LogP contribution in [0.5, 0.6) is 0 Å². The number of hydrogen-bond acceptors (Lipinski definition) is 3. The van der Waals surface area contributed by atoms with E-state index < -0.39 is 11.7 Å². The quantitative estimate of drug-likeness (QED) is 0.423. The maximum atomic E-state index is 13.3. The Bertz CT molecular complexity index is 1350. The number of hydrogen-bond donors (Lipinski definition) is 1. The number of benzene rings is 3. The summed E-state index contributed by atoms with van der Waals surface area (Å²) in [7, 11) is 0. The number of amides is 1. The maximum absolute atomic E-state index is 13.3. The Labute approximate surface area is 175 Å². The van der Waals surface area contributed by atoms with E-state index in [0.29, 0.717) is 27.8 Å². The summed E-state index contributed by atoms with van der Waals surface area (Å²) in [5, 5.41) is 0.695. The Hall–Kier alpha value is -3.87. The third-order valence-corrected chi connectivity index (χ3v) is 5.38. The second-order valence-electron chi connectivity index (χ2n) is 7.44. The van der Waals surface area contributed by atoms with Crippen molar-refractivity contribution in [3.05, 3.63) is 84.1 Å². The Morgan fingerprint density at radius 1 is 0.935 bits per heavy atom. The minimum Gasteiger partial charge on any atom is -0.399 e. The van der Waals surface area contributed by atoms with Crippen LogP contribution in [0.4, 0.5) is 30.2 Å². The summed E-state index contributed by atoms with van der Waals surface area (Å²) in [4.78, 5) is 18.6. The van der Waals surface area contributed by atoms with Crippen LogP contribution in [0.2, 0.25) is 0 Å². The number of carbonyl (C=O) groups is 1. The molecule has 4 aromatic rings. The molecule has 7 heteroatoms. The molecule has 0 unspecified atom stereocenters. The molecule has 5 rings (SSSR count). The molecule has 1 aliphatic rings. The minimum absolute atomic E-state index is 0.0804. The summed E-state index contributed by atoms with van der Waals surface area (Å²) in [6.45, 7) is 0. The van der Waals surface area contributed by atoms with Gasteiger partial charge in [-0.1, -0.05) is 24.3 Å². The number of halogens is 3. The number of nitrogen functional groups attached to an aromatic ring is 1. The molecule has 0 saturated heterocycles. The van der Waals surface area contributed by atoms with Crippen LogP contribution in [-0.2, 0) is 17.4 Å². The minimum atomic E-state index is -4.50. The lowest BCUT2D eigenvalue weighted by Gasteiger charge is -2.21. The molecule has 0 bridgehead atoms. The summed E-state index contributed by atoms with van der Waals surface area (Å²) in [5.41, 5.74) is 9.58. The van der Waals surface area contributed by atoms with Gasteiger partial charge in [0.25, 0.3) is 0 Å². The van der Waals surface area contributed by atoms with Crippen LogP contribution in [0.1, 0.15) is 11.1 Å². The number of aromatic nitrogens is 1. The van der Waals surface area contributed by atoms with Crippen molar-refractivity contribution < 1.29 is 18.0 Å². The van der Waals surface area contributed by atoms with E-state index >= 15 is 0 Å². The zero-order valence-electron chi connectivity index (χ0n) is 16.1. The number of rotatable bonds is 2. The lowest BCUT2D eigenvalue weighted by Crippen LogP contribution is -2.21. The lowest BCUT2D eigenvalue weighted by atomic mass is 10.0. The first kappa shape index (κ1) is 19.1. The van der Waals surface area contributed by atoms with Crippen molar-refractivity contribution >= 4 is 33.9 Å². The zero-order valence-corrected chi connectivity index (χ0v) is 16.1. The molecule has 31 heavy (non-hydrogen) atoms. The molecule has 2 heterocycles. The van der Waals surface area contributed by atoms with E-state index in [-0.39, 0.29) is 18.0 Å². The van der Waals surface area contributed by atoms with Gasteiger partial charge in [-0.05, 0) is 53.6 Å². The summed E-state index contributed by atoms with van der Waals surface area (Å²) in [6, 6.07) is 17.9. The van der Waals surface area contributed by atoms with Gasteiger partial charge >= 0.3 is 6.18 Å². The van der Waals surface area contributed by atoms with Crippen LogP contribution < -0.4 is 10.6 Å². The molecular formula is C24H16F3N3O. The van der Waals surface area contributed by atoms with Gasteiger partial charge in [0, 0.05) is 28.5 Å². The van der Waals surface area contributed by atoms with Gasteiger partial charge in [-0.25, -0.2) is 0 Å². The van der Waals surface area contributed by atoms with Gasteiger partial charge in [-0.15, -0.1) is 0 Å². The number of pyridine rings is 1. The molecule has 0 fully saturated rings. The van der Waals surface area contributed by atoms with Gasteiger partial charge in [-0.3, -0.25) is 14.7 Å². The van der Waals surface area contributed by atoms with Gasteiger partial charge < -0.3 is 5.73 Å². The van der Waals surface area contributed by atoms with E-state index in [0.717, 1.165) is 23.3 Å². The summed E-state index contributed by atoms with van der Waals surface area (Å²) in [6.07, 6.45) is -2.80.